The van der Waals surface area contributed by atoms with Crippen LogP contribution in [0.15, 0.2) is 84.0 Å². The molecule has 0 aliphatic carbocycles. The number of nitrogens with zero attached hydrogens (tertiary/aromatic N) is 1. The Morgan fingerprint density at radius 1 is 0.750 bits per heavy atom. The molecule has 0 unspecified atom stereocenters. The molecule has 0 aliphatic rings. The fourth-order valence-corrected chi connectivity index (χ4v) is 2.58. The first-order chi connectivity index (χ1) is 13.5. The van der Waals surface area contributed by atoms with Crippen LogP contribution in [0.5, 0.6) is 0 Å². The van der Waals surface area contributed by atoms with Crippen molar-refractivity contribution < 1.29 is 9.59 Å². The van der Waals surface area contributed by atoms with Gasteiger partial charge in [-0.25, -0.2) is 5.43 Å². The molecule has 140 valence electrons. The number of hydrazone groups is 1. The number of nitrogens with one attached hydrogen (secondary N) is 2. The van der Waals surface area contributed by atoms with E-state index in [1.54, 1.807) is 67.6 Å². The molecule has 0 fully saturated rings. The standard InChI is InChI=1S/C22H18ClN3O2/c1-15(25-26-22(28)17-5-3-2-4-6-17)16-9-13-20(14-10-16)24-21(27)18-7-11-19(23)12-8-18/h2-14H,1H3,(H,24,27)(H,26,28)/b25-15-. The van der Waals surface area contributed by atoms with E-state index in [9.17, 15) is 9.59 Å². The molecule has 3 aromatic rings. The molecule has 0 aromatic heterocycles. The van der Waals surface area contributed by atoms with Crippen LogP contribution < -0.4 is 10.7 Å². The third-order valence-corrected chi connectivity index (χ3v) is 4.28. The minimum absolute atomic E-state index is 0.218. The average Bonchev–Trinajstić information content (AvgIpc) is 2.73. The van der Waals surface area contributed by atoms with Crippen molar-refractivity contribution in [1.29, 1.82) is 0 Å². The fraction of sp³-hybridized carbons (Fsp3) is 0.0455. The second-order valence-corrected chi connectivity index (χ2v) is 6.48. The third kappa shape index (κ3) is 5.05. The zero-order chi connectivity index (χ0) is 19.9. The molecular weight excluding hydrogens is 374 g/mol. The summed E-state index contributed by atoms with van der Waals surface area (Å²) in [5, 5.41) is 7.54. The van der Waals surface area contributed by atoms with Gasteiger partial charge >= 0.3 is 0 Å². The maximum absolute atomic E-state index is 12.2. The summed E-state index contributed by atoms with van der Waals surface area (Å²) in [5.41, 5.74) is 5.74. The lowest BCUT2D eigenvalue weighted by atomic mass is 10.1. The van der Waals surface area contributed by atoms with Gasteiger partial charge in [0.05, 0.1) is 5.71 Å². The van der Waals surface area contributed by atoms with E-state index in [0.29, 0.717) is 27.5 Å². The summed E-state index contributed by atoms with van der Waals surface area (Å²) < 4.78 is 0. The summed E-state index contributed by atoms with van der Waals surface area (Å²) in [6, 6.07) is 22.8. The molecule has 0 bridgehead atoms. The van der Waals surface area contributed by atoms with Gasteiger partial charge in [0.25, 0.3) is 11.8 Å². The zero-order valence-corrected chi connectivity index (χ0v) is 15.9. The van der Waals surface area contributed by atoms with Gasteiger partial charge in [0, 0.05) is 21.8 Å². The summed E-state index contributed by atoms with van der Waals surface area (Å²) in [6.07, 6.45) is 0. The number of amides is 2. The Kier molecular flexibility index (Phi) is 6.19. The molecule has 0 atom stereocenters. The van der Waals surface area contributed by atoms with Crippen LogP contribution in [0.2, 0.25) is 5.02 Å². The Morgan fingerprint density at radius 2 is 1.32 bits per heavy atom. The Labute approximate surface area is 168 Å². The highest BCUT2D eigenvalue weighted by atomic mass is 35.5. The fourth-order valence-electron chi connectivity index (χ4n) is 2.45. The smallest absolute Gasteiger partial charge is 0.271 e. The summed E-state index contributed by atoms with van der Waals surface area (Å²) in [6.45, 7) is 1.80. The molecule has 5 nitrogen and oxygen atoms in total. The minimum Gasteiger partial charge on any atom is -0.322 e. The summed E-state index contributed by atoms with van der Waals surface area (Å²) in [4.78, 5) is 24.3. The minimum atomic E-state index is -0.271. The number of rotatable bonds is 5. The molecule has 0 aliphatic heterocycles. The van der Waals surface area contributed by atoms with E-state index in [1.807, 2.05) is 18.2 Å². The van der Waals surface area contributed by atoms with Crippen molar-refractivity contribution >= 4 is 34.8 Å². The van der Waals surface area contributed by atoms with Crippen molar-refractivity contribution in [1.82, 2.24) is 5.43 Å². The lowest BCUT2D eigenvalue weighted by Crippen LogP contribution is -2.19. The van der Waals surface area contributed by atoms with Crippen molar-refractivity contribution in [3.05, 3.63) is 101 Å². The maximum Gasteiger partial charge on any atom is 0.271 e. The molecule has 28 heavy (non-hydrogen) atoms. The van der Waals surface area contributed by atoms with Crippen LogP contribution in [0.1, 0.15) is 33.2 Å². The second kappa shape index (κ2) is 8.97. The van der Waals surface area contributed by atoms with Crippen LogP contribution in [0.3, 0.4) is 0 Å². The highest BCUT2D eigenvalue weighted by molar-refractivity contribution is 6.30. The lowest BCUT2D eigenvalue weighted by molar-refractivity contribution is 0.0954. The van der Waals surface area contributed by atoms with Gasteiger partial charge in [-0.15, -0.1) is 0 Å². The van der Waals surface area contributed by atoms with Gasteiger partial charge in [0.15, 0.2) is 0 Å². The first-order valence-corrected chi connectivity index (χ1v) is 8.98. The SMILES string of the molecule is C/C(=N/NC(=O)c1ccccc1)c1ccc(NC(=O)c2ccc(Cl)cc2)cc1. The zero-order valence-electron chi connectivity index (χ0n) is 15.1. The normalized spacial score (nSPS) is 11.0. The van der Waals surface area contributed by atoms with Gasteiger partial charge in [-0.1, -0.05) is 41.9 Å². The molecule has 0 saturated heterocycles. The van der Waals surface area contributed by atoms with Crippen molar-refractivity contribution in [2.24, 2.45) is 5.10 Å². The quantitative estimate of drug-likeness (QED) is 0.487. The number of benzene rings is 3. The molecule has 2 amide bonds. The molecule has 2 N–H and O–H groups in total. The van der Waals surface area contributed by atoms with E-state index >= 15 is 0 Å². The van der Waals surface area contributed by atoms with E-state index < -0.39 is 0 Å². The topological polar surface area (TPSA) is 70.6 Å². The number of carbonyl (C=O) groups excluding carboxylic acids is 2. The van der Waals surface area contributed by atoms with Gasteiger partial charge in [-0.05, 0) is 61.0 Å². The summed E-state index contributed by atoms with van der Waals surface area (Å²) in [7, 11) is 0. The number of anilines is 1. The lowest BCUT2D eigenvalue weighted by Gasteiger charge is -2.07. The molecule has 3 aromatic carbocycles. The summed E-state index contributed by atoms with van der Waals surface area (Å²) >= 11 is 5.83. The molecule has 0 heterocycles. The van der Waals surface area contributed by atoms with Crippen molar-refractivity contribution in [3.8, 4) is 0 Å². The number of carbonyl (C=O) groups is 2. The predicted molar refractivity (Wildman–Crippen MR) is 112 cm³/mol. The Balaban J connectivity index is 1.62. The molecule has 0 radical (unpaired) electrons. The first-order valence-electron chi connectivity index (χ1n) is 8.60. The predicted octanol–water partition coefficient (Wildman–Crippen LogP) is 4.75. The van der Waals surface area contributed by atoms with Crippen molar-refractivity contribution in [2.45, 2.75) is 6.92 Å². The van der Waals surface area contributed by atoms with Gasteiger partial charge in [0.1, 0.15) is 0 Å². The monoisotopic (exact) mass is 391 g/mol. The molecular formula is C22H18ClN3O2. The Hall–Kier alpha value is -3.44. The van der Waals surface area contributed by atoms with Gasteiger partial charge in [-0.2, -0.15) is 5.10 Å². The third-order valence-electron chi connectivity index (χ3n) is 4.03. The van der Waals surface area contributed by atoms with Crippen LogP contribution in [0, 0.1) is 0 Å². The first kappa shape index (κ1) is 19.3. The van der Waals surface area contributed by atoms with Crippen LogP contribution in [-0.4, -0.2) is 17.5 Å². The van der Waals surface area contributed by atoms with Crippen LogP contribution in [0.4, 0.5) is 5.69 Å². The maximum atomic E-state index is 12.2. The number of halogens is 1. The van der Waals surface area contributed by atoms with Gasteiger partial charge in [-0.3, -0.25) is 9.59 Å². The largest absolute Gasteiger partial charge is 0.322 e. The van der Waals surface area contributed by atoms with E-state index in [2.05, 4.69) is 15.8 Å². The average molecular weight is 392 g/mol. The highest BCUT2D eigenvalue weighted by Crippen LogP contribution is 2.14. The van der Waals surface area contributed by atoms with E-state index in [1.165, 1.54) is 0 Å². The van der Waals surface area contributed by atoms with E-state index in [-0.39, 0.29) is 11.8 Å². The second-order valence-electron chi connectivity index (χ2n) is 6.04. The van der Waals surface area contributed by atoms with Crippen LogP contribution in [-0.2, 0) is 0 Å². The van der Waals surface area contributed by atoms with Gasteiger partial charge in [0.2, 0.25) is 0 Å². The van der Waals surface area contributed by atoms with Crippen molar-refractivity contribution in [2.75, 3.05) is 5.32 Å². The highest BCUT2D eigenvalue weighted by Gasteiger charge is 2.07. The molecule has 0 saturated carbocycles. The van der Waals surface area contributed by atoms with Gasteiger partial charge < -0.3 is 5.32 Å². The molecule has 6 heteroatoms. The van der Waals surface area contributed by atoms with Crippen LogP contribution in [0.25, 0.3) is 0 Å². The van der Waals surface area contributed by atoms with E-state index in [4.69, 9.17) is 11.6 Å². The number of hydrogen-bond acceptors (Lipinski definition) is 3. The molecule has 3 rings (SSSR count). The Bertz CT molecular complexity index is 998. The van der Waals surface area contributed by atoms with Crippen LogP contribution >= 0.6 is 11.6 Å². The Morgan fingerprint density at radius 3 is 1.96 bits per heavy atom. The molecule has 0 spiro atoms. The summed E-state index contributed by atoms with van der Waals surface area (Å²) in [5.74, 6) is -0.489. The van der Waals surface area contributed by atoms with E-state index in [0.717, 1.165) is 5.56 Å². The number of hydrogen-bond donors (Lipinski definition) is 2. The van der Waals surface area contributed by atoms with Crippen molar-refractivity contribution in [3.63, 3.8) is 0 Å².